The molecule has 6 rings (SSSR count). The molecule has 2 aliphatic rings. The zero-order valence-corrected chi connectivity index (χ0v) is 22.4. The molecule has 1 fully saturated rings. The van der Waals surface area contributed by atoms with E-state index < -0.39 is 0 Å². The van der Waals surface area contributed by atoms with Crippen LogP contribution in [0.25, 0.3) is 10.9 Å². The van der Waals surface area contributed by atoms with Gasteiger partial charge in [0.15, 0.2) is 17.3 Å². The third kappa shape index (κ3) is 5.21. The fraction of sp³-hybridized carbons (Fsp3) is 0.448. The first-order chi connectivity index (χ1) is 19.1. The van der Waals surface area contributed by atoms with Crippen LogP contribution in [0.5, 0.6) is 17.2 Å². The molecule has 4 aromatic rings. The minimum absolute atomic E-state index is 0.0900. The fourth-order valence-corrected chi connectivity index (χ4v) is 5.85. The molecule has 10 heteroatoms. The van der Waals surface area contributed by atoms with Crippen molar-refractivity contribution in [2.75, 3.05) is 13.9 Å². The highest BCUT2D eigenvalue weighted by molar-refractivity contribution is 5.80. The molecule has 1 saturated carbocycles. The van der Waals surface area contributed by atoms with Crippen molar-refractivity contribution in [1.82, 2.24) is 30.1 Å². The highest BCUT2D eigenvalue weighted by Gasteiger charge is 2.29. The van der Waals surface area contributed by atoms with Gasteiger partial charge < -0.3 is 19.2 Å². The maximum atomic E-state index is 13.2. The monoisotopic (exact) mass is 530 g/mol. The standard InChI is InChI=1S/C29H34N6O4/c1-3-25(28-31-32-33-35(28)22-7-5-4-6-8-22)34(16-19-9-12-26-27(13-19)39-18-38-26)17-21-14-20-15-23(37-2)10-11-24(20)30-29(21)36/h9-15,22,25H,3-8,16-18H2,1-2H3,(H,30,36)/t25-/m1/s1. The van der Waals surface area contributed by atoms with E-state index >= 15 is 0 Å². The quantitative estimate of drug-likeness (QED) is 0.325. The Morgan fingerprint density at radius 2 is 1.92 bits per heavy atom. The van der Waals surface area contributed by atoms with E-state index in [1.807, 2.05) is 47.1 Å². The van der Waals surface area contributed by atoms with Crippen molar-refractivity contribution in [2.24, 2.45) is 0 Å². The first kappa shape index (κ1) is 25.4. The summed E-state index contributed by atoms with van der Waals surface area (Å²) in [4.78, 5) is 18.6. The van der Waals surface area contributed by atoms with Crippen molar-refractivity contribution in [2.45, 2.75) is 70.6 Å². The lowest BCUT2D eigenvalue weighted by Gasteiger charge is -2.32. The van der Waals surface area contributed by atoms with Gasteiger partial charge >= 0.3 is 0 Å². The van der Waals surface area contributed by atoms with Gasteiger partial charge in [0.2, 0.25) is 6.79 Å². The first-order valence-electron chi connectivity index (χ1n) is 13.7. The molecule has 0 radical (unpaired) electrons. The van der Waals surface area contributed by atoms with Crippen LogP contribution in [0.3, 0.4) is 0 Å². The van der Waals surface area contributed by atoms with Crippen molar-refractivity contribution < 1.29 is 14.2 Å². The maximum Gasteiger partial charge on any atom is 0.252 e. The maximum absolute atomic E-state index is 13.2. The summed E-state index contributed by atoms with van der Waals surface area (Å²) in [7, 11) is 1.64. The number of ether oxygens (including phenoxy) is 3. The molecule has 0 saturated heterocycles. The van der Waals surface area contributed by atoms with Crippen LogP contribution in [0.15, 0.2) is 47.3 Å². The van der Waals surface area contributed by atoms with E-state index in [0.717, 1.165) is 58.8 Å². The first-order valence-corrected chi connectivity index (χ1v) is 13.7. The number of benzene rings is 2. The van der Waals surface area contributed by atoms with Crippen LogP contribution in [0.1, 0.15) is 74.5 Å². The van der Waals surface area contributed by atoms with Gasteiger partial charge in [-0.15, -0.1) is 5.10 Å². The summed E-state index contributed by atoms with van der Waals surface area (Å²) >= 11 is 0. The number of aromatic amines is 1. The summed E-state index contributed by atoms with van der Waals surface area (Å²) in [6.45, 7) is 3.38. The van der Waals surface area contributed by atoms with Gasteiger partial charge in [0.1, 0.15) is 5.75 Å². The summed E-state index contributed by atoms with van der Waals surface area (Å²) in [5.74, 6) is 3.08. The Bertz CT molecular complexity index is 1510. The second kappa shape index (κ2) is 11.1. The Balaban J connectivity index is 1.38. The third-order valence-electron chi connectivity index (χ3n) is 7.89. The Morgan fingerprint density at radius 1 is 1.08 bits per heavy atom. The average Bonchev–Trinajstić information content (AvgIpc) is 3.64. The van der Waals surface area contributed by atoms with Crippen LogP contribution in [-0.2, 0) is 13.1 Å². The highest BCUT2D eigenvalue weighted by Crippen LogP contribution is 2.36. The molecule has 1 atom stereocenters. The molecule has 204 valence electrons. The van der Waals surface area contributed by atoms with Crippen LogP contribution in [0, 0.1) is 0 Å². The largest absolute Gasteiger partial charge is 0.497 e. The van der Waals surface area contributed by atoms with Gasteiger partial charge in [-0.05, 0) is 71.7 Å². The number of H-pyrrole nitrogens is 1. The van der Waals surface area contributed by atoms with Crippen LogP contribution in [-0.4, -0.2) is 44.0 Å². The molecule has 1 N–H and O–H groups in total. The zero-order valence-electron chi connectivity index (χ0n) is 22.4. The molecule has 1 aliphatic heterocycles. The summed E-state index contributed by atoms with van der Waals surface area (Å²) < 4.78 is 18.6. The lowest BCUT2D eigenvalue weighted by Crippen LogP contribution is -2.33. The highest BCUT2D eigenvalue weighted by atomic mass is 16.7. The predicted molar refractivity (Wildman–Crippen MR) is 146 cm³/mol. The van der Waals surface area contributed by atoms with Crippen molar-refractivity contribution >= 4 is 10.9 Å². The lowest BCUT2D eigenvalue weighted by molar-refractivity contribution is 0.155. The summed E-state index contributed by atoms with van der Waals surface area (Å²) in [5, 5.41) is 14.0. The normalized spacial score (nSPS) is 16.2. The van der Waals surface area contributed by atoms with Gasteiger partial charge in [0, 0.05) is 29.6 Å². The molecule has 0 amide bonds. The van der Waals surface area contributed by atoms with Gasteiger partial charge in [-0.1, -0.05) is 32.3 Å². The molecular formula is C29H34N6O4. The third-order valence-corrected chi connectivity index (χ3v) is 7.89. The second-order valence-corrected chi connectivity index (χ2v) is 10.4. The number of hydrogen-bond acceptors (Lipinski definition) is 8. The number of nitrogens with one attached hydrogen (secondary N) is 1. The zero-order chi connectivity index (χ0) is 26.8. The van der Waals surface area contributed by atoms with Crippen LogP contribution >= 0.6 is 0 Å². The van der Waals surface area contributed by atoms with Gasteiger partial charge in [-0.2, -0.15) is 0 Å². The van der Waals surface area contributed by atoms with E-state index in [0.29, 0.717) is 24.7 Å². The SMILES string of the molecule is CC[C@H](c1nnnn1C1CCCCC1)N(Cc1ccc2c(c1)OCO2)Cc1cc2cc(OC)ccc2[nH]c1=O. The Morgan fingerprint density at radius 3 is 2.74 bits per heavy atom. The molecule has 39 heavy (non-hydrogen) atoms. The lowest BCUT2D eigenvalue weighted by atomic mass is 9.95. The van der Waals surface area contributed by atoms with E-state index in [1.165, 1.54) is 19.3 Å². The van der Waals surface area contributed by atoms with Crippen LogP contribution in [0.4, 0.5) is 0 Å². The minimum atomic E-state index is -0.106. The number of rotatable bonds is 9. The number of hydrogen-bond donors (Lipinski definition) is 1. The molecule has 2 aromatic carbocycles. The Kier molecular flexibility index (Phi) is 7.19. The Labute approximate surface area is 226 Å². The molecule has 10 nitrogen and oxygen atoms in total. The minimum Gasteiger partial charge on any atom is -0.497 e. The molecular weight excluding hydrogens is 496 g/mol. The van der Waals surface area contributed by atoms with Crippen molar-refractivity contribution in [1.29, 1.82) is 0 Å². The van der Waals surface area contributed by atoms with Crippen molar-refractivity contribution in [3.8, 4) is 17.2 Å². The van der Waals surface area contributed by atoms with E-state index in [4.69, 9.17) is 14.2 Å². The Hall–Kier alpha value is -3.92. The van der Waals surface area contributed by atoms with E-state index in [2.05, 4.69) is 32.3 Å². The number of aromatic nitrogens is 5. The smallest absolute Gasteiger partial charge is 0.252 e. The average molecular weight is 531 g/mol. The molecule has 3 heterocycles. The molecule has 0 bridgehead atoms. The number of methoxy groups -OCH3 is 1. The number of pyridine rings is 1. The number of fused-ring (bicyclic) bond motifs is 2. The second-order valence-electron chi connectivity index (χ2n) is 10.4. The fourth-order valence-electron chi connectivity index (χ4n) is 5.85. The van der Waals surface area contributed by atoms with Gasteiger partial charge in [-0.3, -0.25) is 9.69 Å². The molecule has 2 aromatic heterocycles. The van der Waals surface area contributed by atoms with Gasteiger partial charge in [0.25, 0.3) is 5.56 Å². The van der Waals surface area contributed by atoms with E-state index in [9.17, 15) is 4.79 Å². The number of nitrogens with zero attached hydrogens (tertiary/aromatic N) is 5. The predicted octanol–water partition coefficient (Wildman–Crippen LogP) is 4.91. The number of tetrazole rings is 1. The summed E-state index contributed by atoms with van der Waals surface area (Å²) in [6, 6.07) is 13.8. The van der Waals surface area contributed by atoms with Gasteiger partial charge in [0.05, 0.1) is 19.2 Å². The summed E-state index contributed by atoms with van der Waals surface area (Å²) in [5.41, 5.74) is 2.41. The molecule has 1 aliphatic carbocycles. The van der Waals surface area contributed by atoms with Crippen LogP contribution < -0.4 is 19.8 Å². The van der Waals surface area contributed by atoms with Crippen LogP contribution in [0.2, 0.25) is 0 Å². The molecule has 0 unspecified atom stereocenters. The van der Waals surface area contributed by atoms with Crippen molar-refractivity contribution in [3.63, 3.8) is 0 Å². The van der Waals surface area contributed by atoms with Gasteiger partial charge in [-0.25, -0.2) is 4.68 Å². The molecule has 0 spiro atoms. The van der Waals surface area contributed by atoms with E-state index in [-0.39, 0.29) is 18.4 Å². The summed E-state index contributed by atoms with van der Waals surface area (Å²) in [6.07, 6.45) is 6.61. The van der Waals surface area contributed by atoms with E-state index in [1.54, 1.807) is 7.11 Å². The van der Waals surface area contributed by atoms with Crippen molar-refractivity contribution in [3.05, 3.63) is 69.8 Å². The topological polar surface area (TPSA) is 107 Å².